The van der Waals surface area contributed by atoms with Gasteiger partial charge in [-0.1, -0.05) is 29.8 Å². The van der Waals surface area contributed by atoms with Crippen molar-refractivity contribution in [3.05, 3.63) is 65.2 Å². The summed E-state index contributed by atoms with van der Waals surface area (Å²) < 4.78 is 30.3. The van der Waals surface area contributed by atoms with Gasteiger partial charge in [0, 0.05) is 37.7 Å². The summed E-state index contributed by atoms with van der Waals surface area (Å²) >= 11 is 0. The molecule has 210 valence electrons. The Kier molecular flexibility index (Phi) is 5.38. The van der Waals surface area contributed by atoms with Gasteiger partial charge in [0.15, 0.2) is 17.2 Å². The van der Waals surface area contributed by atoms with E-state index in [1.165, 1.54) is 7.11 Å². The Balaban J connectivity index is 1.50. The van der Waals surface area contributed by atoms with Gasteiger partial charge in [0.05, 0.1) is 38.3 Å². The van der Waals surface area contributed by atoms with E-state index in [1.54, 1.807) is 38.5 Å². The second-order valence-electron chi connectivity index (χ2n) is 11.4. The van der Waals surface area contributed by atoms with E-state index in [4.69, 9.17) is 23.7 Å². The number of benzene rings is 2. The van der Waals surface area contributed by atoms with Crippen molar-refractivity contribution in [1.29, 1.82) is 0 Å². The molecule has 9 nitrogen and oxygen atoms in total. The van der Waals surface area contributed by atoms with E-state index >= 15 is 0 Å². The summed E-state index contributed by atoms with van der Waals surface area (Å²) in [5, 5.41) is 0. The van der Waals surface area contributed by atoms with Crippen LogP contribution in [0.15, 0.2) is 54.1 Å². The first-order valence-corrected chi connectivity index (χ1v) is 13.7. The normalized spacial score (nSPS) is 35.5. The minimum atomic E-state index is -1.25. The Hall–Kier alpha value is -3.56. The lowest BCUT2D eigenvalue weighted by Gasteiger charge is -2.65. The van der Waals surface area contributed by atoms with Gasteiger partial charge in [-0.2, -0.15) is 0 Å². The maximum absolute atomic E-state index is 14.5. The van der Waals surface area contributed by atoms with Crippen LogP contribution in [0.4, 0.5) is 5.69 Å². The lowest BCUT2D eigenvalue weighted by atomic mass is 9.42. The largest absolute Gasteiger partial charge is 0.493 e. The van der Waals surface area contributed by atoms with Crippen LogP contribution in [0.1, 0.15) is 35.7 Å². The molecule has 9 heteroatoms. The molecule has 1 aliphatic carbocycles. The minimum Gasteiger partial charge on any atom is -0.493 e. The molecule has 7 rings (SSSR count). The van der Waals surface area contributed by atoms with E-state index < -0.39 is 28.5 Å². The maximum Gasteiger partial charge on any atom is 0.338 e. The van der Waals surface area contributed by atoms with Gasteiger partial charge in [-0.15, -0.1) is 0 Å². The average molecular weight is 547 g/mol. The van der Waals surface area contributed by atoms with Crippen LogP contribution in [0.2, 0.25) is 0 Å². The van der Waals surface area contributed by atoms with Crippen molar-refractivity contribution in [3.63, 3.8) is 0 Å². The summed E-state index contributed by atoms with van der Waals surface area (Å²) in [4.78, 5) is 32.5. The average Bonchev–Trinajstić information content (AvgIpc) is 3.60. The summed E-state index contributed by atoms with van der Waals surface area (Å²) in [6.45, 7) is 2.57. The third-order valence-electron chi connectivity index (χ3n) is 10.4. The van der Waals surface area contributed by atoms with Gasteiger partial charge < -0.3 is 28.6 Å². The lowest BCUT2D eigenvalue weighted by molar-refractivity contribution is -0.194. The van der Waals surface area contributed by atoms with Crippen LogP contribution in [-0.2, 0) is 24.4 Å². The number of hydrogen-bond donors (Lipinski definition) is 0. The van der Waals surface area contributed by atoms with Crippen LogP contribution in [0.3, 0.4) is 0 Å². The van der Waals surface area contributed by atoms with Crippen molar-refractivity contribution < 1.29 is 33.3 Å². The second kappa shape index (κ2) is 8.47. The topological polar surface area (TPSA) is 86.8 Å². The molecule has 0 radical (unpaired) electrons. The fraction of sp³-hybridized carbons (Fsp3) is 0.484. The van der Waals surface area contributed by atoms with Gasteiger partial charge in [0.2, 0.25) is 0 Å². The van der Waals surface area contributed by atoms with Crippen LogP contribution < -0.4 is 14.4 Å². The third-order valence-corrected chi connectivity index (χ3v) is 10.4. The minimum absolute atomic E-state index is 0.0388. The zero-order valence-corrected chi connectivity index (χ0v) is 23.4. The molecule has 4 aliphatic heterocycles. The Morgan fingerprint density at radius 3 is 2.50 bits per heavy atom. The van der Waals surface area contributed by atoms with Gasteiger partial charge >= 0.3 is 11.9 Å². The quantitative estimate of drug-likeness (QED) is 0.399. The number of ether oxygens (including phenoxy) is 5. The van der Waals surface area contributed by atoms with Crippen molar-refractivity contribution in [2.75, 3.05) is 46.4 Å². The van der Waals surface area contributed by atoms with Crippen molar-refractivity contribution in [1.82, 2.24) is 4.90 Å². The second-order valence-corrected chi connectivity index (χ2v) is 11.4. The van der Waals surface area contributed by atoms with Crippen LogP contribution in [0, 0.1) is 11.3 Å². The number of anilines is 1. The predicted octanol–water partition coefficient (Wildman–Crippen LogP) is 3.51. The van der Waals surface area contributed by atoms with Gasteiger partial charge in [0.25, 0.3) is 0 Å². The number of hydrogen-bond acceptors (Lipinski definition) is 9. The molecule has 3 saturated heterocycles. The molecule has 6 atom stereocenters. The zero-order valence-electron chi connectivity index (χ0n) is 23.4. The molecular formula is C31H34N2O7. The number of fused-ring (bicyclic) bond motifs is 4. The third kappa shape index (κ3) is 2.65. The molecule has 1 saturated carbocycles. The number of methoxy groups -OCH3 is 3. The molecule has 1 spiro atoms. The van der Waals surface area contributed by atoms with Crippen LogP contribution in [-0.4, -0.2) is 76.4 Å². The number of carbonyl (C=O) groups is 2. The standard InChI is InChI=1S/C31H34N2O7/c1-6-18-16-33-25-13-20(18)29(28(35)38-5,17-39-27(34)19-10-8-7-9-11-19)30-15-26(33)40-31(25,30)32(2)22-14-24(37-4)23(36-3)12-21(22)30/h6-12,14,20,25-26H,13,15-17H2,1-5H3. The van der Waals surface area contributed by atoms with Gasteiger partial charge in [-0.25, -0.2) is 4.79 Å². The summed E-state index contributed by atoms with van der Waals surface area (Å²) in [6, 6.07) is 12.9. The first kappa shape index (κ1) is 25.4. The molecule has 2 aromatic carbocycles. The molecule has 4 heterocycles. The van der Waals surface area contributed by atoms with E-state index in [1.807, 2.05) is 32.2 Å². The number of likely N-dealkylation sites (N-methyl/N-ethyl adjacent to an activating group) is 1. The molecule has 2 aromatic rings. The van der Waals surface area contributed by atoms with Crippen LogP contribution >= 0.6 is 0 Å². The SMILES string of the molecule is CC=C1CN2C3CC45c6cc(OC)c(OC)cc6N(C)C4(O3)C2CC1C5(COC(=O)c1ccccc1)C(=O)OC. The monoisotopic (exact) mass is 546 g/mol. The Morgan fingerprint density at radius 1 is 1.10 bits per heavy atom. The number of piperidine rings is 2. The molecular weight excluding hydrogens is 512 g/mol. The highest BCUT2D eigenvalue weighted by molar-refractivity contribution is 5.91. The van der Waals surface area contributed by atoms with Gasteiger partial charge in [-0.05, 0) is 37.1 Å². The first-order chi connectivity index (χ1) is 19.3. The lowest BCUT2D eigenvalue weighted by Crippen LogP contribution is -2.80. The summed E-state index contributed by atoms with van der Waals surface area (Å²) in [5.41, 5.74) is 0.433. The molecule has 4 bridgehead atoms. The van der Waals surface area contributed by atoms with E-state index in [0.717, 1.165) is 16.8 Å². The zero-order chi connectivity index (χ0) is 28.0. The molecule has 0 amide bonds. The highest BCUT2D eigenvalue weighted by Gasteiger charge is 2.88. The molecule has 0 aromatic heterocycles. The molecule has 6 unspecified atom stereocenters. The number of carbonyl (C=O) groups excluding carboxylic acids is 2. The number of nitrogens with zero attached hydrogens (tertiary/aromatic N) is 2. The van der Waals surface area contributed by atoms with Crippen molar-refractivity contribution in [2.24, 2.45) is 11.3 Å². The fourth-order valence-electron chi connectivity index (χ4n) is 8.96. The fourth-order valence-corrected chi connectivity index (χ4v) is 8.96. The van der Waals surface area contributed by atoms with Crippen molar-refractivity contribution >= 4 is 17.6 Å². The molecule has 0 N–H and O–H groups in total. The molecule has 40 heavy (non-hydrogen) atoms. The van der Waals surface area contributed by atoms with Crippen LogP contribution in [0.5, 0.6) is 11.5 Å². The summed E-state index contributed by atoms with van der Waals surface area (Å²) in [6.07, 6.45) is 3.15. The first-order valence-electron chi connectivity index (χ1n) is 13.7. The number of allylic oxidation sites excluding steroid dienone is 1. The molecule has 4 fully saturated rings. The summed E-state index contributed by atoms with van der Waals surface area (Å²) in [5.74, 6) is 0.0948. The van der Waals surface area contributed by atoms with E-state index in [9.17, 15) is 9.59 Å². The summed E-state index contributed by atoms with van der Waals surface area (Å²) in [7, 11) is 6.67. The van der Waals surface area contributed by atoms with Crippen molar-refractivity contribution in [2.45, 2.75) is 43.2 Å². The van der Waals surface area contributed by atoms with Gasteiger partial charge in [0.1, 0.15) is 18.2 Å². The highest BCUT2D eigenvalue weighted by Crippen LogP contribution is 2.78. The number of esters is 2. The maximum atomic E-state index is 14.5. The van der Waals surface area contributed by atoms with Gasteiger partial charge in [-0.3, -0.25) is 9.69 Å². The highest BCUT2D eigenvalue weighted by atomic mass is 16.6. The predicted molar refractivity (Wildman–Crippen MR) is 145 cm³/mol. The smallest absolute Gasteiger partial charge is 0.338 e. The number of rotatable bonds is 6. The van der Waals surface area contributed by atoms with E-state index in [-0.39, 0.29) is 24.8 Å². The Labute approximate surface area is 233 Å². The van der Waals surface area contributed by atoms with Crippen LogP contribution in [0.25, 0.3) is 0 Å². The van der Waals surface area contributed by atoms with E-state index in [0.29, 0.717) is 36.4 Å². The Morgan fingerprint density at radius 2 is 1.82 bits per heavy atom. The molecule has 5 aliphatic rings. The Bertz CT molecular complexity index is 1440. The van der Waals surface area contributed by atoms with Crippen molar-refractivity contribution in [3.8, 4) is 11.5 Å². The van der Waals surface area contributed by atoms with E-state index in [2.05, 4.69) is 15.9 Å².